The highest BCUT2D eigenvalue weighted by atomic mass is 19.1. The normalized spacial score (nSPS) is 11.3. The number of nitrogens with zero attached hydrogens (tertiary/aromatic N) is 6. The molecule has 6 heterocycles. The van der Waals surface area contributed by atoms with E-state index in [1.807, 2.05) is 18.2 Å². The van der Waals surface area contributed by atoms with Gasteiger partial charge in [0.2, 0.25) is 5.91 Å². The van der Waals surface area contributed by atoms with Crippen LogP contribution in [0.5, 0.6) is 0 Å². The van der Waals surface area contributed by atoms with E-state index in [-0.39, 0.29) is 17.0 Å². The second-order valence-electron chi connectivity index (χ2n) is 8.02. The fourth-order valence-electron chi connectivity index (χ4n) is 4.03. The number of carbonyl (C=O) groups excluding carboxylic acids is 1. The van der Waals surface area contributed by atoms with Gasteiger partial charge in [-0.05, 0) is 29.8 Å². The average Bonchev–Trinajstić information content (AvgIpc) is 3.54. The van der Waals surface area contributed by atoms with Gasteiger partial charge in [0.1, 0.15) is 11.4 Å². The molecule has 10 nitrogen and oxygen atoms in total. The van der Waals surface area contributed by atoms with Gasteiger partial charge in [0.15, 0.2) is 17.3 Å². The third-order valence-electron chi connectivity index (χ3n) is 5.77. The molecule has 0 fully saturated rings. The van der Waals surface area contributed by atoms with Gasteiger partial charge in [-0.2, -0.15) is 5.10 Å². The number of imidazole rings is 1. The van der Waals surface area contributed by atoms with Gasteiger partial charge in [0, 0.05) is 42.3 Å². The quantitative estimate of drug-likeness (QED) is 0.331. The zero-order valence-electron chi connectivity index (χ0n) is 19.0. The number of H-pyrrole nitrogens is 2. The maximum absolute atomic E-state index is 15.9. The van der Waals surface area contributed by atoms with E-state index < -0.39 is 5.82 Å². The van der Waals surface area contributed by atoms with E-state index >= 15 is 4.39 Å². The van der Waals surface area contributed by atoms with Crippen molar-refractivity contribution >= 4 is 33.7 Å². The van der Waals surface area contributed by atoms with E-state index in [1.54, 1.807) is 31.6 Å². The summed E-state index contributed by atoms with van der Waals surface area (Å²) in [6.07, 6.45) is 9.90. The molecule has 0 unspecified atom stereocenters. The Morgan fingerprint density at radius 2 is 1.86 bits per heavy atom. The zero-order chi connectivity index (χ0) is 24.6. The number of nitrogens with one attached hydrogen (secondary N) is 3. The third-order valence-corrected chi connectivity index (χ3v) is 5.77. The van der Waals surface area contributed by atoms with Crippen LogP contribution in [-0.4, -0.2) is 46.0 Å². The van der Waals surface area contributed by atoms with Gasteiger partial charge in [0.05, 0.1) is 34.5 Å². The fraction of sp³-hybridized carbons (Fsp3) is 0.0800. The summed E-state index contributed by atoms with van der Waals surface area (Å²) in [5.41, 5.74) is 4.69. The van der Waals surface area contributed by atoms with Crippen molar-refractivity contribution in [1.29, 1.82) is 0 Å². The van der Waals surface area contributed by atoms with E-state index in [4.69, 9.17) is 0 Å². The predicted octanol–water partition coefficient (Wildman–Crippen LogP) is 4.51. The Labute approximate surface area is 203 Å². The number of carbonyl (C=O) groups is 1. The number of hydrogen-bond donors (Lipinski definition) is 3. The van der Waals surface area contributed by atoms with Gasteiger partial charge < -0.3 is 10.3 Å². The highest BCUT2D eigenvalue weighted by Crippen LogP contribution is 2.34. The number of aromatic amines is 2. The summed E-state index contributed by atoms with van der Waals surface area (Å²) in [5.74, 6) is -0.386. The Kier molecular flexibility index (Phi) is 5.14. The van der Waals surface area contributed by atoms with Crippen molar-refractivity contribution in [1.82, 2.24) is 40.1 Å². The van der Waals surface area contributed by atoms with Crippen molar-refractivity contribution in [2.24, 2.45) is 0 Å². The Hall–Kier alpha value is -5.06. The molecular formula is C25H18FN9O. The summed E-state index contributed by atoms with van der Waals surface area (Å²) >= 11 is 0. The Bertz CT molecular complexity index is 1740. The molecule has 176 valence electrons. The molecule has 0 atom stereocenters. The highest BCUT2D eigenvalue weighted by molar-refractivity contribution is 5.97. The van der Waals surface area contributed by atoms with E-state index in [9.17, 15) is 4.79 Å². The van der Waals surface area contributed by atoms with Crippen LogP contribution in [-0.2, 0) is 4.79 Å². The second kappa shape index (κ2) is 8.62. The van der Waals surface area contributed by atoms with Crippen LogP contribution in [0.4, 0.5) is 10.1 Å². The van der Waals surface area contributed by atoms with Crippen molar-refractivity contribution in [3.63, 3.8) is 0 Å². The van der Waals surface area contributed by atoms with E-state index in [2.05, 4.69) is 45.4 Å². The minimum Gasteiger partial charge on any atom is -0.335 e. The number of fused-ring (bicyclic) bond motifs is 2. The molecule has 0 bridgehead atoms. The van der Waals surface area contributed by atoms with Gasteiger partial charge >= 0.3 is 0 Å². The minimum atomic E-state index is -0.584. The SMILES string of the molecule is CCC(=O)Nc1cncc(-c2ncc3[nH]nc(-c4nc5nccc(-c6ccncc6)c5[nH]4)c3c2F)c1. The molecule has 6 aromatic heterocycles. The lowest BCUT2D eigenvalue weighted by Crippen LogP contribution is -2.09. The number of amides is 1. The highest BCUT2D eigenvalue weighted by Gasteiger charge is 2.21. The molecule has 6 aromatic rings. The van der Waals surface area contributed by atoms with Crippen molar-refractivity contribution in [3.8, 4) is 33.9 Å². The molecular weight excluding hydrogens is 461 g/mol. The minimum absolute atomic E-state index is 0.0805. The van der Waals surface area contributed by atoms with Crippen LogP contribution < -0.4 is 5.32 Å². The number of anilines is 1. The van der Waals surface area contributed by atoms with Gasteiger partial charge in [-0.15, -0.1) is 0 Å². The van der Waals surface area contributed by atoms with Crippen molar-refractivity contribution in [2.45, 2.75) is 13.3 Å². The average molecular weight is 479 g/mol. The maximum Gasteiger partial charge on any atom is 0.224 e. The first-order valence-electron chi connectivity index (χ1n) is 11.2. The number of hydrogen-bond acceptors (Lipinski definition) is 7. The van der Waals surface area contributed by atoms with Crippen LogP contribution in [0, 0.1) is 5.82 Å². The molecule has 11 heteroatoms. The first kappa shape index (κ1) is 21.5. The number of pyridine rings is 4. The van der Waals surface area contributed by atoms with Gasteiger partial charge in [-0.1, -0.05) is 6.92 Å². The third kappa shape index (κ3) is 3.63. The van der Waals surface area contributed by atoms with Crippen LogP contribution in [0.1, 0.15) is 13.3 Å². The topological polar surface area (TPSA) is 138 Å². The molecule has 6 rings (SSSR count). The van der Waals surface area contributed by atoms with E-state index in [1.165, 1.54) is 18.6 Å². The first-order valence-corrected chi connectivity index (χ1v) is 11.2. The lowest BCUT2D eigenvalue weighted by Gasteiger charge is -2.07. The molecule has 1 amide bonds. The Morgan fingerprint density at radius 3 is 2.69 bits per heavy atom. The molecule has 0 saturated heterocycles. The van der Waals surface area contributed by atoms with Gasteiger partial charge in [-0.3, -0.25) is 24.8 Å². The number of halogens is 1. The van der Waals surface area contributed by atoms with E-state index in [0.717, 1.165) is 11.1 Å². The lowest BCUT2D eigenvalue weighted by molar-refractivity contribution is -0.115. The zero-order valence-corrected chi connectivity index (χ0v) is 19.0. The van der Waals surface area contributed by atoms with Crippen molar-refractivity contribution < 1.29 is 9.18 Å². The summed E-state index contributed by atoms with van der Waals surface area (Å²) in [5, 5.41) is 10.1. The number of rotatable bonds is 5. The summed E-state index contributed by atoms with van der Waals surface area (Å²) in [4.78, 5) is 36.4. The van der Waals surface area contributed by atoms with Crippen molar-refractivity contribution in [3.05, 3.63) is 67.3 Å². The summed E-state index contributed by atoms with van der Waals surface area (Å²) in [6, 6.07) is 7.29. The van der Waals surface area contributed by atoms with Crippen LogP contribution in [0.15, 0.2) is 61.4 Å². The first-order chi connectivity index (χ1) is 17.6. The smallest absolute Gasteiger partial charge is 0.224 e. The van der Waals surface area contributed by atoms with Crippen LogP contribution >= 0.6 is 0 Å². The van der Waals surface area contributed by atoms with E-state index in [0.29, 0.717) is 45.9 Å². The fourth-order valence-corrected chi connectivity index (χ4v) is 4.03. The molecule has 0 aromatic carbocycles. The van der Waals surface area contributed by atoms with Gasteiger partial charge in [-0.25, -0.2) is 14.4 Å². The largest absolute Gasteiger partial charge is 0.335 e. The second-order valence-corrected chi connectivity index (χ2v) is 8.02. The molecule has 0 saturated carbocycles. The Morgan fingerprint density at radius 1 is 1.00 bits per heavy atom. The van der Waals surface area contributed by atoms with Crippen LogP contribution in [0.25, 0.3) is 56.0 Å². The summed E-state index contributed by atoms with van der Waals surface area (Å²) in [6.45, 7) is 1.75. The monoisotopic (exact) mass is 479 g/mol. The molecule has 0 aliphatic rings. The lowest BCUT2D eigenvalue weighted by atomic mass is 10.1. The molecule has 0 aliphatic carbocycles. The molecule has 3 N–H and O–H groups in total. The maximum atomic E-state index is 15.9. The Balaban J connectivity index is 1.47. The van der Waals surface area contributed by atoms with Crippen molar-refractivity contribution in [2.75, 3.05) is 5.32 Å². The summed E-state index contributed by atoms with van der Waals surface area (Å²) in [7, 11) is 0. The molecule has 0 spiro atoms. The van der Waals surface area contributed by atoms with Crippen LogP contribution in [0.2, 0.25) is 0 Å². The number of aromatic nitrogens is 8. The summed E-state index contributed by atoms with van der Waals surface area (Å²) < 4.78 is 15.9. The molecule has 0 radical (unpaired) electrons. The molecule has 36 heavy (non-hydrogen) atoms. The van der Waals surface area contributed by atoms with Gasteiger partial charge in [0.25, 0.3) is 0 Å². The molecule has 0 aliphatic heterocycles. The predicted molar refractivity (Wildman–Crippen MR) is 132 cm³/mol. The standard InChI is InChI=1S/C25H18FN9O/c1-2-18(36)31-15-9-14(10-28-11-15)21-20(26)19-17(12-30-21)34-35-23(19)25-32-22-16(5-8-29-24(22)33-25)13-3-6-27-7-4-13/h3-12H,2H2,1H3,(H,31,36)(H,34,35)(H,29,32,33). The van der Waals surface area contributed by atoms with Crippen LogP contribution in [0.3, 0.4) is 0 Å².